The van der Waals surface area contributed by atoms with Crippen LogP contribution < -0.4 is 10.6 Å². The molecular formula is C16H30N2O2. The highest BCUT2D eigenvalue weighted by Gasteiger charge is 1.98. The fraction of sp³-hybridized carbons (Fsp3) is 0.750. The van der Waals surface area contributed by atoms with Crippen LogP contribution in [0.3, 0.4) is 0 Å². The molecule has 0 heterocycles. The van der Waals surface area contributed by atoms with E-state index in [2.05, 4.69) is 22.8 Å². The second kappa shape index (κ2) is 14.1. The second-order valence-corrected chi connectivity index (χ2v) is 4.87. The van der Waals surface area contributed by atoms with Crippen molar-refractivity contribution in [2.45, 2.75) is 65.2 Å². The van der Waals surface area contributed by atoms with Crippen molar-refractivity contribution in [1.29, 1.82) is 0 Å². The number of rotatable bonds is 12. The van der Waals surface area contributed by atoms with Crippen LogP contribution in [0.5, 0.6) is 0 Å². The van der Waals surface area contributed by atoms with E-state index in [0.29, 0.717) is 12.8 Å². The van der Waals surface area contributed by atoms with Gasteiger partial charge in [0.25, 0.3) is 0 Å². The van der Waals surface area contributed by atoms with Crippen molar-refractivity contribution >= 4 is 11.8 Å². The van der Waals surface area contributed by atoms with E-state index in [1.807, 2.05) is 13.8 Å². The molecule has 0 spiro atoms. The van der Waals surface area contributed by atoms with E-state index in [-0.39, 0.29) is 11.8 Å². The molecular weight excluding hydrogens is 252 g/mol. The Morgan fingerprint density at radius 1 is 0.750 bits per heavy atom. The third-order valence-corrected chi connectivity index (χ3v) is 2.96. The van der Waals surface area contributed by atoms with Crippen LogP contribution in [0.4, 0.5) is 0 Å². The summed E-state index contributed by atoms with van der Waals surface area (Å²) in [4.78, 5) is 22.4. The maximum absolute atomic E-state index is 11.2. The first-order valence-corrected chi connectivity index (χ1v) is 7.89. The van der Waals surface area contributed by atoms with Gasteiger partial charge in [0.15, 0.2) is 0 Å². The van der Waals surface area contributed by atoms with Gasteiger partial charge in [-0.05, 0) is 52.4 Å². The summed E-state index contributed by atoms with van der Waals surface area (Å²) in [6, 6.07) is 0. The minimum Gasteiger partial charge on any atom is -0.356 e. The Labute approximate surface area is 123 Å². The van der Waals surface area contributed by atoms with Gasteiger partial charge in [0.05, 0.1) is 0 Å². The van der Waals surface area contributed by atoms with Gasteiger partial charge < -0.3 is 10.6 Å². The van der Waals surface area contributed by atoms with Crippen LogP contribution in [0.1, 0.15) is 65.2 Å². The van der Waals surface area contributed by atoms with Crippen LogP contribution in [0.15, 0.2) is 12.2 Å². The van der Waals surface area contributed by atoms with Gasteiger partial charge in [-0.25, -0.2) is 0 Å². The summed E-state index contributed by atoms with van der Waals surface area (Å²) < 4.78 is 0. The van der Waals surface area contributed by atoms with E-state index < -0.39 is 0 Å². The Morgan fingerprint density at radius 2 is 1.15 bits per heavy atom. The van der Waals surface area contributed by atoms with Crippen molar-refractivity contribution in [3.8, 4) is 0 Å². The number of amides is 2. The monoisotopic (exact) mass is 282 g/mol. The Hall–Kier alpha value is -1.32. The molecule has 0 saturated carbocycles. The number of hydrogen-bond donors (Lipinski definition) is 2. The molecule has 0 rings (SSSR count). The highest BCUT2D eigenvalue weighted by Crippen LogP contribution is 2.04. The maximum Gasteiger partial charge on any atom is 0.219 e. The molecule has 2 N–H and O–H groups in total. The summed E-state index contributed by atoms with van der Waals surface area (Å²) in [5.41, 5.74) is 0. The number of allylic oxidation sites excluding steroid dienone is 2. The molecule has 0 fully saturated rings. The highest BCUT2D eigenvalue weighted by molar-refractivity contribution is 5.76. The molecule has 0 radical (unpaired) electrons. The van der Waals surface area contributed by atoms with Crippen LogP contribution in [-0.4, -0.2) is 24.9 Å². The first-order valence-electron chi connectivity index (χ1n) is 7.89. The topological polar surface area (TPSA) is 58.2 Å². The molecule has 0 unspecified atom stereocenters. The quantitative estimate of drug-likeness (QED) is 0.427. The Balaban J connectivity index is 3.28. The fourth-order valence-corrected chi connectivity index (χ4v) is 1.90. The third kappa shape index (κ3) is 13.1. The summed E-state index contributed by atoms with van der Waals surface area (Å²) in [5.74, 6) is 0.309. The zero-order valence-electron chi connectivity index (χ0n) is 13.0. The second-order valence-electron chi connectivity index (χ2n) is 4.87. The zero-order valence-corrected chi connectivity index (χ0v) is 13.0. The third-order valence-electron chi connectivity index (χ3n) is 2.96. The minimum absolute atomic E-state index is 0.154. The van der Waals surface area contributed by atoms with Gasteiger partial charge in [0, 0.05) is 25.9 Å². The molecule has 0 atom stereocenters. The first kappa shape index (κ1) is 18.7. The molecule has 0 bridgehead atoms. The largest absolute Gasteiger partial charge is 0.356 e. The van der Waals surface area contributed by atoms with Crippen molar-refractivity contribution in [2.24, 2.45) is 0 Å². The van der Waals surface area contributed by atoms with E-state index in [9.17, 15) is 9.59 Å². The van der Waals surface area contributed by atoms with Crippen LogP contribution in [0.25, 0.3) is 0 Å². The first-order chi connectivity index (χ1) is 9.70. The van der Waals surface area contributed by atoms with Crippen molar-refractivity contribution in [1.82, 2.24) is 10.6 Å². The standard InChI is InChI=1S/C16H30N2O2/c1-3-17-15(19)13-11-9-7-5-6-8-10-12-14-16(20)18-4-2/h5-6H,3-4,7-14H2,1-2H3,(H,17,19)(H,18,20)/b6-5-. The molecule has 0 aliphatic heterocycles. The van der Waals surface area contributed by atoms with Crippen molar-refractivity contribution in [3.63, 3.8) is 0 Å². The lowest BCUT2D eigenvalue weighted by Crippen LogP contribution is -2.21. The van der Waals surface area contributed by atoms with Crippen LogP contribution >= 0.6 is 0 Å². The van der Waals surface area contributed by atoms with Crippen molar-refractivity contribution in [2.75, 3.05) is 13.1 Å². The van der Waals surface area contributed by atoms with Crippen molar-refractivity contribution in [3.05, 3.63) is 12.2 Å². The minimum atomic E-state index is 0.154. The van der Waals surface area contributed by atoms with E-state index in [4.69, 9.17) is 0 Å². The fourth-order valence-electron chi connectivity index (χ4n) is 1.90. The normalized spacial score (nSPS) is 10.7. The van der Waals surface area contributed by atoms with E-state index in [0.717, 1.165) is 51.6 Å². The SMILES string of the molecule is CCNC(=O)CCCC/C=C\CCCCC(=O)NCC. The van der Waals surface area contributed by atoms with Crippen LogP contribution in [0.2, 0.25) is 0 Å². The summed E-state index contributed by atoms with van der Waals surface area (Å²) in [6.45, 7) is 5.31. The van der Waals surface area contributed by atoms with E-state index in [1.54, 1.807) is 0 Å². The number of unbranched alkanes of at least 4 members (excludes halogenated alkanes) is 4. The molecule has 0 aromatic heterocycles. The van der Waals surface area contributed by atoms with E-state index in [1.165, 1.54) is 0 Å². The molecule has 0 aromatic carbocycles. The predicted octanol–water partition coefficient (Wildman–Crippen LogP) is 2.94. The number of carbonyl (C=O) groups excluding carboxylic acids is 2. The number of nitrogens with one attached hydrogen (secondary N) is 2. The molecule has 0 aliphatic carbocycles. The zero-order chi connectivity index (χ0) is 15.1. The van der Waals surface area contributed by atoms with Crippen LogP contribution in [0, 0.1) is 0 Å². The molecule has 0 saturated heterocycles. The van der Waals surface area contributed by atoms with Gasteiger partial charge in [0.2, 0.25) is 11.8 Å². The lowest BCUT2D eigenvalue weighted by Gasteiger charge is -2.01. The maximum atomic E-state index is 11.2. The molecule has 2 amide bonds. The van der Waals surface area contributed by atoms with Gasteiger partial charge in [-0.1, -0.05) is 12.2 Å². The van der Waals surface area contributed by atoms with Crippen molar-refractivity contribution < 1.29 is 9.59 Å². The van der Waals surface area contributed by atoms with Crippen LogP contribution in [-0.2, 0) is 9.59 Å². The van der Waals surface area contributed by atoms with Gasteiger partial charge >= 0.3 is 0 Å². The predicted molar refractivity (Wildman–Crippen MR) is 83.4 cm³/mol. The molecule has 0 aromatic rings. The molecule has 4 nitrogen and oxygen atoms in total. The summed E-state index contributed by atoms with van der Waals surface area (Å²) in [5, 5.41) is 5.60. The van der Waals surface area contributed by atoms with Gasteiger partial charge in [0.1, 0.15) is 0 Å². The highest BCUT2D eigenvalue weighted by atomic mass is 16.2. The average Bonchev–Trinajstić information content (AvgIpc) is 2.41. The van der Waals surface area contributed by atoms with Gasteiger partial charge in [-0.15, -0.1) is 0 Å². The summed E-state index contributed by atoms with van der Waals surface area (Å²) in [6.07, 6.45) is 11.7. The Bertz CT molecular complexity index is 260. The Kier molecular flexibility index (Phi) is 13.2. The van der Waals surface area contributed by atoms with E-state index >= 15 is 0 Å². The number of carbonyl (C=O) groups is 2. The number of hydrogen-bond acceptors (Lipinski definition) is 2. The molecule has 116 valence electrons. The summed E-state index contributed by atoms with van der Waals surface area (Å²) in [7, 11) is 0. The lowest BCUT2D eigenvalue weighted by atomic mass is 10.1. The average molecular weight is 282 g/mol. The van der Waals surface area contributed by atoms with Gasteiger partial charge in [-0.2, -0.15) is 0 Å². The molecule has 4 heteroatoms. The molecule has 20 heavy (non-hydrogen) atoms. The Morgan fingerprint density at radius 3 is 1.50 bits per heavy atom. The lowest BCUT2D eigenvalue weighted by molar-refractivity contribution is -0.121. The molecule has 0 aliphatic rings. The smallest absolute Gasteiger partial charge is 0.219 e. The summed E-state index contributed by atoms with van der Waals surface area (Å²) >= 11 is 0. The van der Waals surface area contributed by atoms with Gasteiger partial charge in [-0.3, -0.25) is 9.59 Å².